The van der Waals surface area contributed by atoms with E-state index in [9.17, 15) is 9.90 Å². The zero-order valence-electron chi connectivity index (χ0n) is 13.6. The van der Waals surface area contributed by atoms with Gasteiger partial charge in [-0.3, -0.25) is 4.90 Å². The van der Waals surface area contributed by atoms with E-state index in [1.165, 1.54) is 25.7 Å². The van der Waals surface area contributed by atoms with Gasteiger partial charge in [0, 0.05) is 11.9 Å². The highest BCUT2D eigenvalue weighted by Crippen LogP contribution is 2.32. The summed E-state index contributed by atoms with van der Waals surface area (Å²) in [5.74, 6) is 0.199. The van der Waals surface area contributed by atoms with Crippen LogP contribution in [-0.2, 0) is 6.54 Å². The number of hydrogen-bond acceptors (Lipinski definition) is 4. The molecule has 0 aliphatic carbocycles. The maximum atomic E-state index is 12.3. The van der Waals surface area contributed by atoms with Crippen molar-refractivity contribution in [2.75, 3.05) is 13.1 Å². The Kier molecular flexibility index (Phi) is 3.98. The number of benzene rings is 2. The second-order valence-electron chi connectivity index (χ2n) is 6.57. The Hall–Kier alpha value is -2.33. The van der Waals surface area contributed by atoms with Crippen LogP contribution in [0.25, 0.3) is 21.7 Å². The fourth-order valence-corrected chi connectivity index (χ4v) is 3.66. The van der Waals surface area contributed by atoms with E-state index in [-0.39, 0.29) is 11.4 Å². The van der Waals surface area contributed by atoms with Crippen molar-refractivity contribution in [1.82, 2.24) is 4.90 Å². The molecule has 3 aromatic rings. The van der Waals surface area contributed by atoms with Crippen LogP contribution in [0.3, 0.4) is 0 Å². The molecule has 4 nitrogen and oxygen atoms in total. The van der Waals surface area contributed by atoms with Crippen molar-refractivity contribution in [2.24, 2.45) is 0 Å². The van der Waals surface area contributed by atoms with Gasteiger partial charge in [-0.05, 0) is 49.5 Å². The Bertz CT molecular complexity index is 937. The third-order valence-corrected chi connectivity index (χ3v) is 4.95. The lowest BCUT2D eigenvalue weighted by Gasteiger charge is -2.21. The topological polar surface area (TPSA) is 53.7 Å². The van der Waals surface area contributed by atoms with Crippen molar-refractivity contribution in [3.8, 4) is 5.75 Å². The number of nitrogens with zero attached hydrogens (tertiary/aromatic N) is 1. The predicted molar refractivity (Wildman–Crippen MR) is 95.4 cm³/mol. The molecule has 2 aromatic carbocycles. The van der Waals surface area contributed by atoms with Crippen LogP contribution in [0.15, 0.2) is 45.6 Å². The summed E-state index contributed by atoms with van der Waals surface area (Å²) in [5.41, 5.74) is 0.890. The molecule has 1 saturated heterocycles. The summed E-state index contributed by atoms with van der Waals surface area (Å²) in [5, 5.41) is 12.7. The summed E-state index contributed by atoms with van der Waals surface area (Å²) in [6.45, 7) is 2.66. The highest BCUT2D eigenvalue weighted by Gasteiger charge is 2.17. The Balaban J connectivity index is 1.88. The van der Waals surface area contributed by atoms with Gasteiger partial charge in [0.15, 0.2) is 0 Å². The molecule has 1 fully saturated rings. The number of likely N-dealkylation sites (tertiary alicyclic amines) is 1. The van der Waals surface area contributed by atoms with E-state index >= 15 is 0 Å². The summed E-state index contributed by atoms with van der Waals surface area (Å²) in [6, 6.07) is 11.0. The zero-order chi connectivity index (χ0) is 16.5. The van der Waals surface area contributed by atoms with Crippen molar-refractivity contribution < 1.29 is 9.52 Å². The number of phenols is 1. The molecule has 1 aliphatic rings. The van der Waals surface area contributed by atoms with Crippen molar-refractivity contribution in [3.05, 3.63) is 52.4 Å². The van der Waals surface area contributed by atoms with Crippen LogP contribution < -0.4 is 5.63 Å². The van der Waals surface area contributed by atoms with Gasteiger partial charge in [0.2, 0.25) is 0 Å². The molecule has 2 heterocycles. The third-order valence-electron chi connectivity index (χ3n) is 4.95. The lowest BCUT2D eigenvalue weighted by atomic mass is 10.0. The molecule has 0 amide bonds. The lowest BCUT2D eigenvalue weighted by Crippen LogP contribution is -2.24. The SMILES string of the molecule is O=c1oc2c(CN3CCCCCC3)c(O)ccc2c2ccccc12. The lowest BCUT2D eigenvalue weighted by molar-refractivity contribution is 0.272. The minimum atomic E-state index is -0.346. The highest BCUT2D eigenvalue weighted by molar-refractivity contribution is 6.05. The Morgan fingerprint density at radius 1 is 0.917 bits per heavy atom. The van der Waals surface area contributed by atoms with Crippen molar-refractivity contribution >= 4 is 21.7 Å². The van der Waals surface area contributed by atoms with Gasteiger partial charge in [0.1, 0.15) is 11.3 Å². The minimum Gasteiger partial charge on any atom is -0.507 e. The third kappa shape index (κ3) is 2.67. The molecular formula is C20H21NO3. The molecular weight excluding hydrogens is 302 g/mol. The van der Waals surface area contributed by atoms with Crippen molar-refractivity contribution in [3.63, 3.8) is 0 Å². The second-order valence-corrected chi connectivity index (χ2v) is 6.57. The van der Waals surface area contributed by atoms with Gasteiger partial charge >= 0.3 is 5.63 Å². The van der Waals surface area contributed by atoms with Crippen LogP contribution in [0.4, 0.5) is 0 Å². The van der Waals surface area contributed by atoms with Gasteiger partial charge in [0.05, 0.1) is 10.9 Å². The molecule has 24 heavy (non-hydrogen) atoms. The molecule has 0 spiro atoms. The normalized spacial score (nSPS) is 16.5. The number of phenolic OH excluding ortho intramolecular Hbond substituents is 1. The smallest absolute Gasteiger partial charge is 0.344 e. The number of hydrogen-bond donors (Lipinski definition) is 1. The van der Waals surface area contributed by atoms with Gasteiger partial charge in [0.25, 0.3) is 0 Å². The molecule has 4 heteroatoms. The largest absolute Gasteiger partial charge is 0.507 e. The first-order valence-electron chi connectivity index (χ1n) is 8.63. The molecule has 0 atom stereocenters. The molecule has 0 unspecified atom stereocenters. The average molecular weight is 323 g/mol. The fraction of sp³-hybridized carbons (Fsp3) is 0.350. The van der Waals surface area contributed by atoms with Gasteiger partial charge < -0.3 is 9.52 Å². The minimum absolute atomic E-state index is 0.199. The van der Waals surface area contributed by atoms with E-state index in [0.717, 1.165) is 29.4 Å². The van der Waals surface area contributed by atoms with Crippen molar-refractivity contribution in [1.29, 1.82) is 0 Å². The van der Waals surface area contributed by atoms with Crippen LogP contribution in [0.5, 0.6) is 5.75 Å². The fourth-order valence-electron chi connectivity index (χ4n) is 3.66. The summed E-state index contributed by atoms with van der Waals surface area (Å²) in [4.78, 5) is 14.7. The molecule has 1 N–H and O–H groups in total. The molecule has 0 saturated carbocycles. The quantitative estimate of drug-likeness (QED) is 0.571. The summed E-state index contributed by atoms with van der Waals surface area (Å²) < 4.78 is 5.62. The first-order valence-corrected chi connectivity index (χ1v) is 8.63. The zero-order valence-corrected chi connectivity index (χ0v) is 13.6. The van der Waals surface area contributed by atoms with E-state index in [1.54, 1.807) is 12.1 Å². The molecule has 1 aliphatic heterocycles. The first kappa shape index (κ1) is 15.2. The molecule has 0 radical (unpaired) electrons. The van der Waals surface area contributed by atoms with E-state index in [1.807, 2.05) is 24.3 Å². The van der Waals surface area contributed by atoms with Crippen LogP contribution in [0.1, 0.15) is 31.2 Å². The van der Waals surface area contributed by atoms with E-state index in [0.29, 0.717) is 17.5 Å². The Morgan fingerprint density at radius 2 is 1.62 bits per heavy atom. The summed E-state index contributed by atoms with van der Waals surface area (Å²) in [7, 11) is 0. The molecule has 124 valence electrons. The predicted octanol–water partition coefficient (Wildman–Crippen LogP) is 4.03. The van der Waals surface area contributed by atoms with E-state index in [4.69, 9.17) is 4.42 Å². The Labute approximate surface area is 140 Å². The molecule has 4 rings (SSSR count). The molecule has 0 bridgehead atoms. The van der Waals surface area contributed by atoms with E-state index < -0.39 is 0 Å². The monoisotopic (exact) mass is 323 g/mol. The summed E-state index contributed by atoms with van der Waals surface area (Å²) in [6.07, 6.45) is 4.88. The van der Waals surface area contributed by atoms with Gasteiger partial charge in [-0.25, -0.2) is 4.79 Å². The van der Waals surface area contributed by atoms with Crippen LogP contribution in [0.2, 0.25) is 0 Å². The highest BCUT2D eigenvalue weighted by atomic mass is 16.4. The van der Waals surface area contributed by atoms with Crippen LogP contribution in [-0.4, -0.2) is 23.1 Å². The standard InChI is InChI=1S/C20H21NO3/c22-18-10-9-15-14-7-3-4-8-16(14)20(23)24-19(15)17(18)13-21-11-5-1-2-6-12-21/h3-4,7-10,22H,1-2,5-6,11-13H2. The maximum absolute atomic E-state index is 12.3. The van der Waals surface area contributed by atoms with Gasteiger partial charge in [-0.2, -0.15) is 0 Å². The van der Waals surface area contributed by atoms with Crippen LogP contribution >= 0.6 is 0 Å². The number of rotatable bonds is 2. The number of fused-ring (bicyclic) bond motifs is 3. The van der Waals surface area contributed by atoms with Gasteiger partial charge in [-0.15, -0.1) is 0 Å². The second kappa shape index (κ2) is 6.29. The van der Waals surface area contributed by atoms with Gasteiger partial charge in [-0.1, -0.05) is 31.0 Å². The van der Waals surface area contributed by atoms with Crippen LogP contribution in [0, 0.1) is 0 Å². The van der Waals surface area contributed by atoms with Crippen molar-refractivity contribution in [2.45, 2.75) is 32.2 Å². The van der Waals surface area contributed by atoms with E-state index in [2.05, 4.69) is 4.90 Å². The summed E-state index contributed by atoms with van der Waals surface area (Å²) >= 11 is 0. The maximum Gasteiger partial charge on any atom is 0.344 e. The first-order chi connectivity index (χ1) is 11.7. The number of aromatic hydroxyl groups is 1. The molecule has 1 aromatic heterocycles. The Morgan fingerprint density at radius 3 is 2.38 bits per heavy atom. The average Bonchev–Trinajstić information content (AvgIpc) is 2.87.